The maximum Gasteiger partial charge on any atom is 0.193 e. The number of nitrogens with zero attached hydrogens (tertiary/aromatic N) is 4. The van der Waals surface area contributed by atoms with Crippen LogP contribution in [0.25, 0.3) is 0 Å². The molecule has 0 unspecified atom stereocenters. The van der Waals surface area contributed by atoms with Gasteiger partial charge in [-0.25, -0.2) is 0 Å². The summed E-state index contributed by atoms with van der Waals surface area (Å²) in [6.07, 6.45) is 0.948. The van der Waals surface area contributed by atoms with Gasteiger partial charge in [-0.05, 0) is 31.4 Å². The third-order valence-electron chi connectivity index (χ3n) is 4.15. The number of rotatable bonds is 5. The van der Waals surface area contributed by atoms with E-state index in [1.807, 2.05) is 24.8 Å². The molecular formula is C18H27N5. The second kappa shape index (κ2) is 7.81. The minimum absolute atomic E-state index is 0.839. The third-order valence-corrected chi connectivity index (χ3v) is 4.15. The van der Waals surface area contributed by atoms with Crippen LogP contribution in [0.1, 0.15) is 22.5 Å². The van der Waals surface area contributed by atoms with Gasteiger partial charge >= 0.3 is 0 Å². The molecule has 5 nitrogen and oxygen atoms in total. The molecule has 0 fully saturated rings. The number of aryl methyl sites for hydroxylation is 2. The number of aliphatic imine (C=N–C) groups is 1. The summed E-state index contributed by atoms with van der Waals surface area (Å²) in [6, 6.07) is 10.4. The summed E-state index contributed by atoms with van der Waals surface area (Å²) in [4.78, 5) is 6.51. The van der Waals surface area contributed by atoms with Crippen molar-refractivity contribution in [1.29, 1.82) is 0 Å². The van der Waals surface area contributed by atoms with Gasteiger partial charge in [-0.3, -0.25) is 9.67 Å². The van der Waals surface area contributed by atoms with E-state index in [1.165, 1.54) is 16.8 Å². The lowest BCUT2D eigenvalue weighted by molar-refractivity contribution is 0.477. The van der Waals surface area contributed by atoms with E-state index in [2.05, 4.69) is 65.5 Å². The molecule has 0 spiro atoms. The minimum Gasteiger partial charge on any atom is -0.356 e. The van der Waals surface area contributed by atoms with E-state index >= 15 is 0 Å². The third kappa shape index (κ3) is 4.34. The van der Waals surface area contributed by atoms with Crippen molar-refractivity contribution >= 4 is 5.96 Å². The quantitative estimate of drug-likeness (QED) is 0.680. The molecule has 23 heavy (non-hydrogen) atoms. The molecule has 0 saturated heterocycles. The number of hydrogen-bond acceptors (Lipinski definition) is 2. The smallest absolute Gasteiger partial charge is 0.193 e. The Kier molecular flexibility index (Phi) is 5.79. The fraction of sp³-hybridized carbons (Fsp3) is 0.444. The zero-order chi connectivity index (χ0) is 16.8. The molecule has 0 bridgehead atoms. The lowest BCUT2D eigenvalue weighted by Crippen LogP contribution is -2.39. The summed E-state index contributed by atoms with van der Waals surface area (Å²) in [5, 5.41) is 7.91. The summed E-state index contributed by atoms with van der Waals surface area (Å²) in [5.41, 5.74) is 4.94. The molecule has 5 heteroatoms. The highest BCUT2D eigenvalue weighted by Crippen LogP contribution is 2.12. The summed E-state index contributed by atoms with van der Waals surface area (Å²) < 4.78 is 1.95. The summed E-state index contributed by atoms with van der Waals surface area (Å²) >= 11 is 0. The van der Waals surface area contributed by atoms with Crippen LogP contribution < -0.4 is 5.32 Å². The molecule has 0 aliphatic carbocycles. The average Bonchev–Trinajstić information content (AvgIpc) is 2.78. The summed E-state index contributed by atoms with van der Waals surface area (Å²) in [6.45, 7) is 5.87. The lowest BCUT2D eigenvalue weighted by atomic mass is 10.1. The van der Waals surface area contributed by atoms with E-state index in [9.17, 15) is 0 Å². The fourth-order valence-corrected chi connectivity index (χ4v) is 2.80. The highest BCUT2D eigenvalue weighted by molar-refractivity contribution is 5.79. The largest absolute Gasteiger partial charge is 0.356 e. The van der Waals surface area contributed by atoms with E-state index in [0.29, 0.717) is 0 Å². The standard InChI is InChI=1S/C18H27N5/c1-14-17(15(2)23(5)21-14)11-12-20-18(19-3)22(4)13-16-9-7-6-8-10-16/h6-10H,11-13H2,1-5H3,(H,19,20). The monoisotopic (exact) mass is 313 g/mol. The molecular weight excluding hydrogens is 286 g/mol. The Morgan fingerprint density at radius 1 is 1.26 bits per heavy atom. The zero-order valence-corrected chi connectivity index (χ0v) is 14.8. The van der Waals surface area contributed by atoms with Gasteiger partial charge in [0.1, 0.15) is 0 Å². The summed E-state index contributed by atoms with van der Waals surface area (Å²) in [5.74, 6) is 0.910. The Hall–Kier alpha value is -2.30. The minimum atomic E-state index is 0.839. The van der Waals surface area contributed by atoms with E-state index in [-0.39, 0.29) is 0 Å². The van der Waals surface area contributed by atoms with Crippen molar-refractivity contribution in [3.8, 4) is 0 Å². The van der Waals surface area contributed by atoms with E-state index in [0.717, 1.165) is 31.2 Å². The fourth-order valence-electron chi connectivity index (χ4n) is 2.80. The topological polar surface area (TPSA) is 45.5 Å². The van der Waals surface area contributed by atoms with Crippen molar-refractivity contribution in [3.63, 3.8) is 0 Å². The van der Waals surface area contributed by atoms with Crippen molar-refractivity contribution < 1.29 is 0 Å². The first-order valence-corrected chi connectivity index (χ1v) is 7.97. The number of nitrogens with one attached hydrogen (secondary N) is 1. The lowest BCUT2D eigenvalue weighted by Gasteiger charge is -2.22. The van der Waals surface area contributed by atoms with Crippen LogP contribution in [0.15, 0.2) is 35.3 Å². The van der Waals surface area contributed by atoms with Gasteiger partial charge in [-0.15, -0.1) is 0 Å². The maximum absolute atomic E-state index is 4.47. The Morgan fingerprint density at radius 3 is 2.52 bits per heavy atom. The Balaban J connectivity index is 1.90. The first kappa shape index (κ1) is 17.1. The van der Waals surface area contributed by atoms with Crippen LogP contribution >= 0.6 is 0 Å². The van der Waals surface area contributed by atoms with Gasteiger partial charge in [0.2, 0.25) is 0 Å². The van der Waals surface area contributed by atoms with Crippen LogP contribution in [0.2, 0.25) is 0 Å². The SMILES string of the molecule is CN=C(NCCc1c(C)nn(C)c1C)N(C)Cc1ccccc1. The predicted molar refractivity (Wildman–Crippen MR) is 95.7 cm³/mol. The number of guanidine groups is 1. The molecule has 0 saturated carbocycles. The zero-order valence-electron chi connectivity index (χ0n) is 14.8. The van der Waals surface area contributed by atoms with Crippen molar-refractivity contribution in [2.75, 3.05) is 20.6 Å². The average molecular weight is 313 g/mol. The molecule has 0 aliphatic heterocycles. The van der Waals surface area contributed by atoms with Crippen LogP contribution in [-0.2, 0) is 20.0 Å². The molecule has 1 heterocycles. The van der Waals surface area contributed by atoms with Gasteiger partial charge in [-0.2, -0.15) is 5.10 Å². The van der Waals surface area contributed by atoms with Gasteiger partial charge in [0.25, 0.3) is 0 Å². The Morgan fingerprint density at radius 2 is 1.96 bits per heavy atom. The second-order valence-electron chi connectivity index (χ2n) is 5.84. The second-order valence-corrected chi connectivity index (χ2v) is 5.84. The number of benzene rings is 1. The Labute approximate surface area is 139 Å². The van der Waals surface area contributed by atoms with Crippen LogP contribution in [0.3, 0.4) is 0 Å². The van der Waals surface area contributed by atoms with Crippen LogP contribution in [0, 0.1) is 13.8 Å². The molecule has 0 atom stereocenters. The molecule has 124 valence electrons. The van der Waals surface area contributed by atoms with Gasteiger partial charge < -0.3 is 10.2 Å². The van der Waals surface area contributed by atoms with Crippen LogP contribution in [0.4, 0.5) is 0 Å². The molecule has 0 amide bonds. The molecule has 0 aliphatic rings. The molecule has 1 aromatic heterocycles. The molecule has 1 aromatic carbocycles. The molecule has 0 radical (unpaired) electrons. The molecule has 2 rings (SSSR count). The predicted octanol–water partition coefficient (Wildman–Crippen LogP) is 2.29. The van der Waals surface area contributed by atoms with Gasteiger partial charge in [0.05, 0.1) is 5.69 Å². The first-order chi connectivity index (χ1) is 11.0. The van der Waals surface area contributed by atoms with Crippen molar-refractivity contribution in [2.24, 2.45) is 12.0 Å². The van der Waals surface area contributed by atoms with Crippen molar-refractivity contribution in [2.45, 2.75) is 26.8 Å². The Bertz CT molecular complexity index is 658. The van der Waals surface area contributed by atoms with E-state index in [1.54, 1.807) is 0 Å². The van der Waals surface area contributed by atoms with Gasteiger partial charge in [-0.1, -0.05) is 30.3 Å². The highest BCUT2D eigenvalue weighted by Gasteiger charge is 2.10. The van der Waals surface area contributed by atoms with E-state index in [4.69, 9.17) is 0 Å². The number of aromatic nitrogens is 2. The van der Waals surface area contributed by atoms with Crippen molar-refractivity contribution in [3.05, 3.63) is 52.8 Å². The normalized spacial score (nSPS) is 11.6. The van der Waals surface area contributed by atoms with Crippen LogP contribution in [-0.4, -0.2) is 41.3 Å². The molecule has 2 aromatic rings. The van der Waals surface area contributed by atoms with Gasteiger partial charge in [0, 0.05) is 39.9 Å². The van der Waals surface area contributed by atoms with Crippen LogP contribution in [0.5, 0.6) is 0 Å². The summed E-state index contributed by atoms with van der Waals surface area (Å²) in [7, 11) is 5.87. The maximum atomic E-state index is 4.47. The highest BCUT2D eigenvalue weighted by atomic mass is 15.3. The van der Waals surface area contributed by atoms with Crippen molar-refractivity contribution in [1.82, 2.24) is 20.0 Å². The van der Waals surface area contributed by atoms with E-state index < -0.39 is 0 Å². The molecule has 1 N–H and O–H groups in total. The first-order valence-electron chi connectivity index (χ1n) is 7.97. The number of hydrogen-bond donors (Lipinski definition) is 1. The van der Waals surface area contributed by atoms with Gasteiger partial charge in [0.15, 0.2) is 5.96 Å².